The van der Waals surface area contributed by atoms with Gasteiger partial charge in [0, 0.05) is 10.0 Å². The zero-order valence-corrected chi connectivity index (χ0v) is 9.67. The summed E-state index contributed by atoms with van der Waals surface area (Å²) in [6.45, 7) is 0.302. The first-order valence-corrected chi connectivity index (χ1v) is 5.15. The van der Waals surface area contributed by atoms with Gasteiger partial charge >= 0.3 is 0 Å². The molecular weight excluding hydrogens is 258 g/mol. The van der Waals surface area contributed by atoms with Crippen LogP contribution < -0.4 is 9.47 Å². The van der Waals surface area contributed by atoms with Gasteiger partial charge in [0.1, 0.15) is 6.61 Å². The molecule has 0 spiro atoms. The lowest BCUT2D eigenvalue weighted by Gasteiger charge is -2.18. The highest BCUT2D eigenvalue weighted by Gasteiger charge is 2.18. The summed E-state index contributed by atoms with van der Waals surface area (Å²) in [6.07, 6.45) is 1.81. The first kappa shape index (κ1) is 10.1. The zero-order valence-electron chi connectivity index (χ0n) is 8.08. The van der Waals surface area contributed by atoms with Crippen LogP contribution in [0, 0.1) is 11.3 Å². The summed E-state index contributed by atoms with van der Waals surface area (Å²) in [4.78, 5) is 0. The summed E-state index contributed by atoms with van der Waals surface area (Å²) < 4.78 is 11.6. The Bertz CT molecular complexity index is 474. The van der Waals surface area contributed by atoms with Gasteiger partial charge in [0.25, 0.3) is 0 Å². The molecule has 2 rings (SSSR count). The smallest absolute Gasteiger partial charge is 0.170 e. The molecule has 0 amide bonds. The molecule has 1 heterocycles. The molecule has 3 nitrogen and oxygen atoms in total. The Morgan fingerprint density at radius 1 is 1.53 bits per heavy atom. The van der Waals surface area contributed by atoms with E-state index in [4.69, 9.17) is 14.7 Å². The van der Waals surface area contributed by atoms with E-state index < -0.39 is 0 Å². The van der Waals surface area contributed by atoms with Crippen LogP contribution in [-0.4, -0.2) is 13.7 Å². The largest absolute Gasteiger partial charge is 0.493 e. The van der Waals surface area contributed by atoms with Gasteiger partial charge in [-0.2, -0.15) is 5.26 Å². The molecule has 0 aliphatic carbocycles. The molecule has 1 aliphatic heterocycles. The third kappa shape index (κ3) is 1.71. The number of nitriles is 1. The van der Waals surface area contributed by atoms with Crippen LogP contribution in [0.1, 0.15) is 5.56 Å². The van der Waals surface area contributed by atoms with Gasteiger partial charge in [-0.05, 0) is 18.2 Å². The van der Waals surface area contributed by atoms with Crippen molar-refractivity contribution in [3.8, 4) is 17.6 Å². The van der Waals surface area contributed by atoms with E-state index in [0.717, 1.165) is 10.0 Å². The Balaban J connectivity index is 2.61. The zero-order chi connectivity index (χ0) is 10.8. The fourth-order valence-corrected chi connectivity index (χ4v) is 1.86. The van der Waals surface area contributed by atoms with Gasteiger partial charge < -0.3 is 9.47 Å². The number of benzene rings is 1. The van der Waals surface area contributed by atoms with E-state index >= 15 is 0 Å². The van der Waals surface area contributed by atoms with Crippen LogP contribution in [0.2, 0.25) is 0 Å². The van der Waals surface area contributed by atoms with Crippen LogP contribution in [0.4, 0.5) is 0 Å². The van der Waals surface area contributed by atoms with Gasteiger partial charge in [-0.1, -0.05) is 15.9 Å². The lowest BCUT2D eigenvalue weighted by Crippen LogP contribution is -2.07. The van der Waals surface area contributed by atoms with E-state index in [1.807, 2.05) is 18.2 Å². The first-order valence-electron chi connectivity index (χ1n) is 4.36. The van der Waals surface area contributed by atoms with Gasteiger partial charge in [-0.25, -0.2) is 0 Å². The first-order chi connectivity index (χ1) is 7.26. The standard InChI is InChI=1S/C11H8BrNO2/c1-14-10-3-2-9(12)8-4-7(5-13)6-15-11(8)10/h2-4H,6H2,1H3. The maximum atomic E-state index is 8.79. The Morgan fingerprint density at radius 2 is 2.33 bits per heavy atom. The summed E-state index contributed by atoms with van der Waals surface area (Å²) in [7, 11) is 1.59. The molecule has 76 valence electrons. The minimum Gasteiger partial charge on any atom is -0.493 e. The van der Waals surface area contributed by atoms with Crippen LogP contribution in [0.5, 0.6) is 11.5 Å². The van der Waals surface area contributed by atoms with E-state index in [2.05, 4.69) is 22.0 Å². The Morgan fingerprint density at radius 3 is 3.00 bits per heavy atom. The van der Waals surface area contributed by atoms with E-state index in [0.29, 0.717) is 23.7 Å². The second-order valence-corrected chi connectivity index (χ2v) is 3.92. The minimum atomic E-state index is 0.302. The number of hydrogen-bond acceptors (Lipinski definition) is 3. The van der Waals surface area contributed by atoms with Crippen molar-refractivity contribution in [2.75, 3.05) is 13.7 Å². The van der Waals surface area contributed by atoms with E-state index in [9.17, 15) is 0 Å². The monoisotopic (exact) mass is 265 g/mol. The van der Waals surface area contributed by atoms with Gasteiger partial charge in [0.15, 0.2) is 11.5 Å². The maximum Gasteiger partial charge on any atom is 0.170 e. The van der Waals surface area contributed by atoms with Crippen molar-refractivity contribution >= 4 is 22.0 Å². The fourth-order valence-electron chi connectivity index (χ4n) is 1.43. The van der Waals surface area contributed by atoms with Crippen molar-refractivity contribution in [3.05, 3.63) is 27.7 Å². The molecule has 4 heteroatoms. The molecule has 0 saturated heterocycles. The normalized spacial score (nSPS) is 13.3. The quantitative estimate of drug-likeness (QED) is 0.784. The highest BCUT2D eigenvalue weighted by Crippen LogP contribution is 2.39. The van der Waals surface area contributed by atoms with Crippen LogP contribution in [0.3, 0.4) is 0 Å². The number of ether oxygens (including phenoxy) is 2. The van der Waals surface area contributed by atoms with Crippen molar-refractivity contribution in [2.45, 2.75) is 0 Å². The molecule has 0 aromatic heterocycles. The average Bonchev–Trinajstić information content (AvgIpc) is 2.29. The molecule has 1 aromatic rings. The summed E-state index contributed by atoms with van der Waals surface area (Å²) in [6, 6.07) is 5.78. The highest BCUT2D eigenvalue weighted by molar-refractivity contribution is 9.10. The molecule has 0 unspecified atom stereocenters. The molecule has 1 aliphatic rings. The highest BCUT2D eigenvalue weighted by atomic mass is 79.9. The van der Waals surface area contributed by atoms with E-state index in [1.54, 1.807) is 7.11 Å². The van der Waals surface area contributed by atoms with Gasteiger partial charge in [-0.15, -0.1) is 0 Å². The second kappa shape index (κ2) is 3.95. The summed E-state index contributed by atoms with van der Waals surface area (Å²) in [5, 5.41) is 8.79. The molecule has 1 aromatic carbocycles. The molecule has 0 atom stereocenters. The third-order valence-corrected chi connectivity index (χ3v) is 2.85. The van der Waals surface area contributed by atoms with Crippen molar-refractivity contribution < 1.29 is 9.47 Å². The van der Waals surface area contributed by atoms with Crippen LogP contribution in [0.15, 0.2) is 22.2 Å². The molecule has 15 heavy (non-hydrogen) atoms. The van der Waals surface area contributed by atoms with E-state index in [-0.39, 0.29) is 0 Å². The average molecular weight is 266 g/mol. The lowest BCUT2D eigenvalue weighted by atomic mass is 10.1. The molecule has 0 fully saturated rings. The maximum absolute atomic E-state index is 8.79. The Hall–Kier alpha value is -1.47. The molecular formula is C11H8BrNO2. The molecule has 0 radical (unpaired) electrons. The SMILES string of the molecule is COc1ccc(Br)c2c1OCC(C#N)=C2. The predicted octanol–water partition coefficient (Wildman–Crippen LogP) is 2.76. The van der Waals surface area contributed by atoms with Crippen LogP contribution in [-0.2, 0) is 0 Å². The third-order valence-electron chi connectivity index (χ3n) is 2.16. The van der Waals surface area contributed by atoms with Crippen molar-refractivity contribution in [3.63, 3.8) is 0 Å². The molecule has 0 saturated carbocycles. The Labute approximate surface area is 96.0 Å². The molecule has 0 N–H and O–H groups in total. The van der Waals surface area contributed by atoms with Crippen molar-refractivity contribution in [1.29, 1.82) is 5.26 Å². The van der Waals surface area contributed by atoms with Gasteiger partial charge in [0.05, 0.1) is 18.8 Å². The molecule has 0 bridgehead atoms. The topological polar surface area (TPSA) is 42.2 Å². The second-order valence-electron chi connectivity index (χ2n) is 3.06. The number of fused-ring (bicyclic) bond motifs is 1. The summed E-state index contributed by atoms with van der Waals surface area (Å²) >= 11 is 3.41. The predicted molar refractivity (Wildman–Crippen MR) is 59.8 cm³/mol. The number of rotatable bonds is 1. The van der Waals surface area contributed by atoms with Crippen LogP contribution >= 0.6 is 15.9 Å². The Kier molecular flexibility index (Phi) is 2.65. The van der Waals surface area contributed by atoms with Gasteiger partial charge in [0.2, 0.25) is 0 Å². The lowest BCUT2D eigenvalue weighted by molar-refractivity contribution is 0.318. The minimum absolute atomic E-state index is 0.302. The van der Waals surface area contributed by atoms with Crippen molar-refractivity contribution in [1.82, 2.24) is 0 Å². The number of hydrogen-bond donors (Lipinski definition) is 0. The van der Waals surface area contributed by atoms with Crippen molar-refractivity contribution in [2.24, 2.45) is 0 Å². The number of halogens is 1. The fraction of sp³-hybridized carbons (Fsp3) is 0.182. The number of methoxy groups -OCH3 is 1. The van der Waals surface area contributed by atoms with Crippen LogP contribution in [0.25, 0.3) is 6.08 Å². The summed E-state index contributed by atoms with van der Waals surface area (Å²) in [5.74, 6) is 1.37. The number of nitrogens with zero attached hydrogens (tertiary/aromatic N) is 1. The van der Waals surface area contributed by atoms with Gasteiger partial charge in [-0.3, -0.25) is 0 Å². The van der Waals surface area contributed by atoms with E-state index in [1.165, 1.54) is 0 Å². The summed E-state index contributed by atoms with van der Waals surface area (Å²) in [5.41, 5.74) is 1.47.